The fraction of sp³-hybridized carbons (Fsp3) is 0.231. The standard InChI is InChI=1S/C52H52BNS/c1-33-29-35(3)49(36(4)30-33)53(50-37(5)31-34(2)32-38(50)6)41-23-19-39(20-24-41)51(7,8)47-27-28-48(55-47)52(9,10)40-21-25-42(26-22-40)54-45-17-13-11-15-43(45)44-16-12-14-18-46(44)54/h11-32H,1-10H3. The zero-order valence-electron chi connectivity index (χ0n) is 34.1. The number of nitrogens with zero attached hydrogens (tertiary/aromatic N) is 1. The molecule has 0 unspecified atom stereocenters. The molecule has 2 aromatic heterocycles. The lowest BCUT2D eigenvalue weighted by Gasteiger charge is -2.28. The Morgan fingerprint density at radius 1 is 0.455 bits per heavy atom. The van der Waals surface area contributed by atoms with E-state index in [1.807, 2.05) is 11.3 Å². The summed E-state index contributed by atoms with van der Waals surface area (Å²) >= 11 is 1.95. The molecule has 0 saturated carbocycles. The Morgan fingerprint density at radius 3 is 1.25 bits per heavy atom. The Labute approximate surface area is 332 Å². The summed E-state index contributed by atoms with van der Waals surface area (Å²) in [6.07, 6.45) is 0. The highest BCUT2D eigenvalue weighted by atomic mass is 32.1. The third-order valence-electron chi connectivity index (χ3n) is 12.3. The zero-order chi connectivity index (χ0) is 38.8. The van der Waals surface area contributed by atoms with Crippen LogP contribution in [0, 0.1) is 41.5 Å². The van der Waals surface area contributed by atoms with Crippen molar-refractivity contribution in [3.63, 3.8) is 0 Å². The van der Waals surface area contributed by atoms with E-state index in [4.69, 9.17) is 0 Å². The SMILES string of the molecule is Cc1cc(C)c(B(c2ccc(C(C)(C)c3ccc(C(C)(C)c4ccc(-n5c6ccccc6c6ccccc65)cc4)s3)cc2)c2c(C)cc(C)cc2C)c(C)c1. The molecule has 0 saturated heterocycles. The number of hydrogen-bond acceptors (Lipinski definition) is 1. The summed E-state index contributed by atoms with van der Waals surface area (Å²) in [7, 11) is 0. The zero-order valence-corrected chi connectivity index (χ0v) is 35.0. The second-order valence-corrected chi connectivity index (χ2v) is 18.1. The minimum atomic E-state index is -0.140. The van der Waals surface area contributed by atoms with E-state index >= 15 is 0 Å². The van der Waals surface area contributed by atoms with Crippen molar-refractivity contribution in [2.75, 3.05) is 0 Å². The largest absolute Gasteiger partial charge is 0.309 e. The number of aromatic nitrogens is 1. The van der Waals surface area contributed by atoms with Gasteiger partial charge in [0.05, 0.1) is 11.0 Å². The van der Waals surface area contributed by atoms with Gasteiger partial charge in [-0.3, -0.25) is 0 Å². The maximum absolute atomic E-state index is 2.40. The van der Waals surface area contributed by atoms with Crippen LogP contribution in [0.5, 0.6) is 0 Å². The van der Waals surface area contributed by atoms with Gasteiger partial charge in [0.2, 0.25) is 6.71 Å². The van der Waals surface area contributed by atoms with Crippen molar-refractivity contribution in [2.45, 2.75) is 80.1 Å². The van der Waals surface area contributed by atoms with Crippen molar-refractivity contribution in [3.8, 4) is 5.69 Å². The van der Waals surface area contributed by atoms with Gasteiger partial charge in [0.1, 0.15) is 0 Å². The molecular weight excluding hydrogens is 681 g/mol. The lowest BCUT2D eigenvalue weighted by molar-refractivity contribution is 0.653. The summed E-state index contributed by atoms with van der Waals surface area (Å²) in [5.74, 6) is 0. The summed E-state index contributed by atoms with van der Waals surface area (Å²) in [5.41, 5.74) is 18.4. The molecule has 0 N–H and O–H groups in total. The van der Waals surface area contributed by atoms with Gasteiger partial charge in [-0.25, -0.2) is 0 Å². The number of benzene rings is 6. The fourth-order valence-electron chi connectivity index (χ4n) is 9.39. The minimum absolute atomic E-state index is 0.136. The monoisotopic (exact) mass is 733 g/mol. The molecule has 0 amide bonds. The summed E-state index contributed by atoms with van der Waals surface area (Å²) in [5, 5.41) is 2.58. The topological polar surface area (TPSA) is 4.93 Å². The molecule has 0 aliphatic heterocycles. The molecule has 1 nitrogen and oxygen atoms in total. The third kappa shape index (κ3) is 6.37. The molecule has 0 bridgehead atoms. The van der Waals surface area contributed by atoms with Crippen LogP contribution in [-0.2, 0) is 10.8 Å². The van der Waals surface area contributed by atoms with Gasteiger partial charge in [-0.05, 0) is 89.1 Å². The lowest BCUT2D eigenvalue weighted by Crippen LogP contribution is -2.55. The smallest absolute Gasteiger partial charge is 0.242 e. The van der Waals surface area contributed by atoms with Crippen LogP contribution < -0.4 is 16.4 Å². The summed E-state index contributed by atoms with van der Waals surface area (Å²) < 4.78 is 2.40. The van der Waals surface area contributed by atoms with E-state index in [1.165, 1.54) is 98.1 Å². The summed E-state index contributed by atoms with van der Waals surface area (Å²) in [6.45, 7) is 23.2. The average molecular weight is 734 g/mol. The lowest BCUT2D eigenvalue weighted by atomic mass is 9.34. The van der Waals surface area contributed by atoms with E-state index < -0.39 is 0 Å². The highest BCUT2D eigenvalue weighted by molar-refractivity contribution is 7.12. The maximum atomic E-state index is 2.40. The summed E-state index contributed by atoms with van der Waals surface area (Å²) in [6, 6.07) is 50.4. The number of thiophene rings is 1. The Kier molecular flexibility index (Phi) is 9.29. The second kappa shape index (κ2) is 13.9. The van der Waals surface area contributed by atoms with Gasteiger partial charge in [-0.15, -0.1) is 11.3 Å². The first kappa shape index (κ1) is 36.8. The van der Waals surface area contributed by atoms with Gasteiger partial charge in [-0.2, -0.15) is 0 Å². The molecular formula is C52H52BNS. The minimum Gasteiger partial charge on any atom is -0.309 e. The molecule has 8 aromatic rings. The van der Waals surface area contributed by atoms with E-state index in [0.717, 1.165) is 0 Å². The second-order valence-electron chi connectivity index (χ2n) is 17.0. The van der Waals surface area contributed by atoms with Crippen LogP contribution in [0.25, 0.3) is 27.5 Å². The van der Waals surface area contributed by atoms with E-state index in [1.54, 1.807) is 0 Å². The molecule has 0 fully saturated rings. The van der Waals surface area contributed by atoms with Crippen molar-refractivity contribution in [2.24, 2.45) is 0 Å². The Morgan fingerprint density at radius 2 is 0.836 bits per heavy atom. The number of aryl methyl sites for hydroxylation is 6. The molecule has 6 aromatic carbocycles. The maximum Gasteiger partial charge on any atom is 0.242 e. The van der Waals surface area contributed by atoms with Gasteiger partial charge in [-0.1, -0.05) is 175 Å². The van der Waals surface area contributed by atoms with E-state index in [2.05, 4.69) is 207 Å². The van der Waals surface area contributed by atoms with Crippen LogP contribution in [0.3, 0.4) is 0 Å². The van der Waals surface area contributed by atoms with Crippen LogP contribution >= 0.6 is 11.3 Å². The van der Waals surface area contributed by atoms with Crippen LogP contribution in [0.1, 0.15) is 82.0 Å². The van der Waals surface area contributed by atoms with Crippen molar-refractivity contribution >= 4 is 56.2 Å². The first-order chi connectivity index (χ1) is 26.3. The Bertz CT molecular complexity index is 2550. The highest BCUT2D eigenvalue weighted by Gasteiger charge is 2.32. The van der Waals surface area contributed by atoms with Gasteiger partial charge in [0.25, 0.3) is 0 Å². The molecule has 0 atom stereocenters. The Hall–Kier alpha value is -5.12. The Balaban J connectivity index is 1.10. The van der Waals surface area contributed by atoms with Crippen LogP contribution in [-0.4, -0.2) is 11.3 Å². The van der Waals surface area contributed by atoms with Gasteiger partial charge in [0.15, 0.2) is 0 Å². The van der Waals surface area contributed by atoms with Gasteiger partial charge in [0, 0.05) is 37.0 Å². The van der Waals surface area contributed by atoms with E-state index in [9.17, 15) is 0 Å². The van der Waals surface area contributed by atoms with Crippen molar-refractivity contribution < 1.29 is 0 Å². The number of fused-ring (bicyclic) bond motifs is 3. The normalized spacial score (nSPS) is 12.2. The molecule has 274 valence electrons. The molecule has 2 heterocycles. The first-order valence-corrected chi connectivity index (χ1v) is 20.5. The molecule has 0 aliphatic rings. The molecule has 3 heteroatoms. The van der Waals surface area contributed by atoms with Crippen molar-refractivity contribution in [1.29, 1.82) is 0 Å². The molecule has 55 heavy (non-hydrogen) atoms. The van der Waals surface area contributed by atoms with Crippen LogP contribution in [0.4, 0.5) is 0 Å². The van der Waals surface area contributed by atoms with Gasteiger partial charge >= 0.3 is 0 Å². The predicted octanol–water partition coefficient (Wildman–Crippen LogP) is 11.9. The molecule has 0 radical (unpaired) electrons. The fourth-order valence-corrected chi connectivity index (χ4v) is 10.6. The highest BCUT2D eigenvalue weighted by Crippen LogP contribution is 2.42. The first-order valence-electron chi connectivity index (χ1n) is 19.7. The number of para-hydroxylation sites is 2. The molecule has 8 rings (SSSR count). The van der Waals surface area contributed by atoms with Gasteiger partial charge < -0.3 is 4.57 Å². The third-order valence-corrected chi connectivity index (χ3v) is 14.0. The predicted molar refractivity (Wildman–Crippen MR) is 242 cm³/mol. The van der Waals surface area contributed by atoms with Crippen LogP contribution in [0.2, 0.25) is 0 Å². The van der Waals surface area contributed by atoms with E-state index in [-0.39, 0.29) is 17.5 Å². The quantitative estimate of drug-likeness (QED) is 0.137. The number of hydrogen-bond donors (Lipinski definition) is 0. The van der Waals surface area contributed by atoms with E-state index in [0.29, 0.717) is 0 Å². The van der Waals surface area contributed by atoms with Crippen molar-refractivity contribution in [1.82, 2.24) is 4.57 Å². The molecule has 0 aliphatic carbocycles. The van der Waals surface area contributed by atoms with Crippen molar-refractivity contribution in [3.05, 3.63) is 188 Å². The molecule has 0 spiro atoms. The summed E-state index contributed by atoms with van der Waals surface area (Å²) in [4.78, 5) is 2.77. The average Bonchev–Trinajstić information content (AvgIpc) is 3.79. The van der Waals surface area contributed by atoms with Crippen LogP contribution in [0.15, 0.2) is 133 Å². The number of rotatable bonds is 8.